The molecule has 32 heavy (non-hydrogen) atoms. The lowest BCUT2D eigenvalue weighted by atomic mass is 10.1. The zero-order valence-corrected chi connectivity index (χ0v) is 22.5. The first-order valence-corrected chi connectivity index (χ1v) is 12.4. The van der Waals surface area contributed by atoms with Gasteiger partial charge in [0.1, 0.15) is 13.1 Å². The Labute approximate surface area is 202 Å². The highest BCUT2D eigenvalue weighted by Crippen LogP contribution is 2.11. The second-order valence-corrected chi connectivity index (χ2v) is 8.14. The van der Waals surface area contributed by atoms with E-state index in [-0.39, 0.29) is 19.0 Å². The highest BCUT2D eigenvalue weighted by Gasteiger charge is 2.20. The molecule has 0 aliphatic carbocycles. The molecule has 0 aliphatic rings. The zero-order chi connectivity index (χ0) is 25.2. The molecule has 0 saturated heterocycles. The SMILES string of the molecule is CCC.COC(=O)CN(CC(=O)OC)C(=O)CCCCCCCCCCS.COC(C)C. The Morgan fingerprint density at radius 2 is 1.09 bits per heavy atom. The van der Waals surface area contributed by atoms with Crippen molar-refractivity contribution in [3.63, 3.8) is 0 Å². The summed E-state index contributed by atoms with van der Waals surface area (Å²) in [7, 11) is 4.20. The van der Waals surface area contributed by atoms with Gasteiger partial charge < -0.3 is 19.1 Å². The maximum atomic E-state index is 12.2. The minimum absolute atomic E-state index is 0.223. The van der Waals surface area contributed by atoms with Crippen LogP contribution in [-0.4, -0.2) is 69.0 Å². The van der Waals surface area contributed by atoms with E-state index >= 15 is 0 Å². The molecule has 8 heteroatoms. The van der Waals surface area contributed by atoms with Crippen molar-refractivity contribution in [2.24, 2.45) is 0 Å². The highest BCUT2D eigenvalue weighted by molar-refractivity contribution is 7.80. The molecule has 0 saturated carbocycles. The van der Waals surface area contributed by atoms with Crippen molar-refractivity contribution in [2.45, 2.75) is 98.0 Å². The van der Waals surface area contributed by atoms with Crippen LogP contribution in [0.1, 0.15) is 91.9 Å². The van der Waals surface area contributed by atoms with Gasteiger partial charge in [0.15, 0.2) is 0 Å². The van der Waals surface area contributed by atoms with Gasteiger partial charge in [-0.05, 0) is 32.4 Å². The summed E-state index contributed by atoms with van der Waals surface area (Å²) in [5.74, 6) is -0.364. The predicted molar refractivity (Wildman–Crippen MR) is 134 cm³/mol. The zero-order valence-electron chi connectivity index (χ0n) is 21.6. The first kappa shape index (κ1) is 35.3. The molecule has 7 nitrogen and oxygen atoms in total. The first-order valence-electron chi connectivity index (χ1n) is 11.8. The summed E-state index contributed by atoms with van der Waals surface area (Å²) in [6.45, 7) is 7.80. The molecule has 0 aliphatic heterocycles. The van der Waals surface area contributed by atoms with Gasteiger partial charge >= 0.3 is 11.9 Å². The lowest BCUT2D eigenvalue weighted by Gasteiger charge is -2.20. The Morgan fingerprint density at radius 3 is 1.41 bits per heavy atom. The number of amides is 1. The first-order chi connectivity index (χ1) is 15.2. The van der Waals surface area contributed by atoms with Crippen LogP contribution in [0.4, 0.5) is 0 Å². The topological polar surface area (TPSA) is 82.1 Å². The van der Waals surface area contributed by atoms with Crippen LogP contribution in [0.15, 0.2) is 0 Å². The fourth-order valence-corrected chi connectivity index (χ4v) is 2.50. The molecule has 0 aromatic rings. The number of hydrogen-bond acceptors (Lipinski definition) is 7. The summed E-state index contributed by atoms with van der Waals surface area (Å²) in [6, 6.07) is 0. The number of methoxy groups -OCH3 is 3. The number of unbranched alkanes of at least 4 members (excludes halogenated alkanes) is 7. The minimum Gasteiger partial charge on any atom is -0.468 e. The van der Waals surface area contributed by atoms with Crippen molar-refractivity contribution in [3.8, 4) is 0 Å². The molecule has 0 rings (SSSR count). The summed E-state index contributed by atoms with van der Waals surface area (Å²) in [5.41, 5.74) is 0. The van der Waals surface area contributed by atoms with Crippen LogP contribution >= 0.6 is 12.6 Å². The van der Waals surface area contributed by atoms with Gasteiger partial charge in [0, 0.05) is 13.5 Å². The van der Waals surface area contributed by atoms with Crippen LogP contribution in [0.5, 0.6) is 0 Å². The van der Waals surface area contributed by atoms with Crippen molar-refractivity contribution < 1.29 is 28.6 Å². The largest absolute Gasteiger partial charge is 0.468 e. The van der Waals surface area contributed by atoms with Gasteiger partial charge in [-0.15, -0.1) is 0 Å². The van der Waals surface area contributed by atoms with Gasteiger partial charge in [0.2, 0.25) is 5.91 Å². The summed E-state index contributed by atoms with van der Waals surface area (Å²) in [5, 5.41) is 0. The minimum atomic E-state index is -0.548. The lowest BCUT2D eigenvalue weighted by molar-refractivity contribution is -0.152. The van der Waals surface area contributed by atoms with E-state index in [1.165, 1.54) is 57.6 Å². The third kappa shape index (κ3) is 28.7. The fourth-order valence-electron chi connectivity index (χ4n) is 2.28. The van der Waals surface area contributed by atoms with Gasteiger partial charge in [-0.3, -0.25) is 14.4 Å². The molecule has 0 aromatic carbocycles. The summed E-state index contributed by atoms with van der Waals surface area (Å²) >= 11 is 4.19. The molecule has 0 radical (unpaired) electrons. The number of carbonyl (C=O) groups is 3. The van der Waals surface area contributed by atoms with Gasteiger partial charge in [-0.25, -0.2) is 0 Å². The Balaban J connectivity index is -0.000000897. The quantitative estimate of drug-likeness (QED) is 0.201. The van der Waals surface area contributed by atoms with E-state index in [0.717, 1.165) is 25.0 Å². The molecule has 0 N–H and O–H groups in total. The van der Waals surface area contributed by atoms with Crippen LogP contribution in [0.2, 0.25) is 0 Å². The van der Waals surface area contributed by atoms with Crippen LogP contribution in [0.25, 0.3) is 0 Å². The maximum Gasteiger partial charge on any atom is 0.325 e. The van der Waals surface area contributed by atoms with Crippen molar-refractivity contribution in [1.82, 2.24) is 4.90 Å². The molecular formula is C24H49NO6S. The standard InChI is InChI=1S/C17H31NO5S.C4H10O.C3H8/c1-22-16(20)13-18(14-17(21)23-2)15(19)11-9-7-5-3-4-6-8-10-12-24;1-4(2)5-3;1-3-2/h24H,3-14H2,1-2H3;4H,1-3H3;3H2,1-2H3. The molecule has 1 amide bonds. The summed E-state index contributed by atoms with van der Waals surface area (Å²) < 4.78 is 13.9. The second-order valence-electron chi connectivity index (χ2n) is 7.70. The Morgan fingerprint density at radius 1 is 0.750 bits per heavy atom. The number of ether oxygens (including phenoxy) is 3. The number of hydrogen-bond donors (Lipinski definition) is 1. The molecular weight excluding hydrogens is 430 g/mol. The van der Waals surface area contributed by atoms with Crippen LogP contribution in [0.3, 0.4) is 0 Å². The average Bonchev–Trinajstić information content (AvgIpc) is 2.77. The van der Waals surface area contributed by atoms with E-state index < -0.39 is 11.9 Å². The number of esters is 2. The fraction of sp³-hybridized carbons (Fsp3) is 0.875. The highest BCUT2D eigenvalue weighted by atomic mass is 32.1. The average molecular weight is 480 g/mol. The molecule has 0 unspecified atom stereocenters. The Hall–Kier alpha value is -1.28. The molecule has 0 spiro atoms. The smallest absolute Gasteiger partial charge is 0.325 e. The Bertz CT molecular complexity index is 428. The van der Waals surface area contributed by atoms with E-state index in [2.05, 4.69) is 35.9 Å². The summed E-state index contributed by atoms with van der Waals surface area (Å²) in [4.78, 5) is 36.0. The van der Waals surface area contributed by atoms with E-state index in [1.807, 2.05) is 13.8 Å². The van der Waals surface area contributed by atoms with Crippen molar-refractivity contribution in [2.75, 3.05) is 40.2 Å². The maximum absolute atomic E-state index is 12.2. The van der Waals surface area contributed by atoms with Gasteiger partial charge in [0.05, 0.1) is 20.3 Å². The van der Waals surface area contributed by atoms with Gasteiger partial charge in [-0.1, -0.05) is 58.8 Å². The van der Waals surface area contributed by atoms with Crippen molar-refractivity contribution in [1.29, 1.82) is 0 Å². The van der Waals surface area contributed by atoms with Crippen molar-refractivity contribution >= 4 is 30.5 Å². The monoisotopic (exact) mass is 479 g/mol. The van der Waals surface area contributed by atoms with Gasteiger partial charge in [0.25, 0.3) is 0 Å². The third-order valence-electron chi connectivity index (χ3n) is 4.22. The molecule has 0 aromatic heterocycles. The molecule has 0 bridgehead atoms. The third-order valence-corrected chi connectivity index (χ3v) is 4.53. The van der Waals surface area contributed by atoms with E-state index in [9.17, 15) is 14.4 Å². The lowest BCUT2D eigenvalue weighted by Crippen LogP contribution is -2.40. The molecule has 192 valence electrons. The molecule has 0 heterocycles. The van der Waals surface area contributed by atoms with E-state index in [0.29, 0.717) is 12.5 Å². The predicted octanol–water partition coefficient (Wildman–Crippen LogP) is 5.06. The molecule has 0 fully saturated rings. The number of rotatable bonds is 15. The molecule has 0 atom stereocenters. The van der Waals surface area contributed by atoms with Gasteiger partial charge in [-0.2, -0.15) is 12.6 Å². The Kier molecular flexibility index (Phi) is 30.6. The van der Waals surface area contributed by atoms with E-state index in [4.69, 9.17) is 4.74 Å². The number of thiol groups is 1. The van der Waals surface area contributed by atoms with Crippen LogP contribution in [-0.2, 0) is 28.6 Å². The van der Waals surface area contributed by atoms with Crippen molar-refractivity contribution in [3.05, 3.63) is 0 Å². The number of nitrogens with zero attached hydrogens (tertiary/aromatic N) is 1. The van der Waals surface area contributed by atoms with Crippen LogP contribution in [0, 0.1) is 0 Å². The number of carbonyl (C=O) groups excluding carboxylic acids is 3. The summed E-state index contributed by atoms with van der Waals surface area (Å²) in [6.07, 6.45) is 10.8. The second kappa shape index (κ2) is 27.8. The van der Waals surface area contributed by atoms with E-state index in [1.54, 1.807) is 7.11 Å². The van der Waals surface area contributed by atoms with Crippen LogP contribution < -0.4 is 0 Å². The normalized spacial score (nSPS) is 9.78.